The van der Waals surface area contributed by atoms with E-state index in [0.717, 1.165) is 22.2 Å². The fourth-order valence-electron chi connectivity index (χ4n) is 3.08. The first kappa shape index (κ1) is 13.6. The molecule has 0 unspecified atom stereocenters. The van der Waals surface area contributed by atoms with Gasteiger partial charge < -0.3 is 19.4 Å². The van der Waals surface area contributed by atoms with Gasteiger partial charge in [0.05, 0.1) is 11.8 Å². The molecule has 1 aliphatic rings. The third kappa shape index (κ3) is 2.19. The lowest BCUT2D eigenvalue weighted by atomic mass is 10.0. The van der Waals surface area contributed by atoms with Crippen molar-refractivity contribution in [2.24, 2.45) is 0 Å². The lowest BCUT2D eigenvalue weighted by molar-refractivity contribution is 0.0690. The Morgan fingerprint density at radius 2 is 2.13 bits per heavy atom. The van der Waals surface area contributed by atoms with Gasteiger partial charge in [-0.05, 0) is 30.3 Å². The number of fused-ring (bicyclic) bond motifs is 3. The Bertz CT molecular complexity index is 908. The zero-order valence-corrected chi connectivity index (χ0v) is 12.2. The van der Waals surface area contributed by atoms with Crippen molar-refractivity contribution in [2.75, 3.05) is 6.54 Å². The number of carbonyl (C=O) groups is 2. The molecule has 0 fully saturated rings. The van der Waals surface area contributed by atoms with Gasteiger partial charge in [0, 0.05) is 41.7 Å². The second-order valence-electron chi connectivity index (χ2n) is 5.60. The van der Waals surface area contributed by atoms with Crippen LogP contribution in [-0.2, 0) is 13.0 Å². The van der Waals surface area contributed by atoms with Crippen molar-refractivity contribution in [3.8, 4) is 0 Å². The Labute approximate surface area is 131 Å². The molecule has 1 aromatic carbocycles. The number of aromatic nitrogens is 1. The highest BCUT2D eigenvalue weighted by Crippen LogP contribution is 2.29. The van der Waals surface area contributed by atoms with E-state index in [2.05, 4.69) is 4.98 Å². The number of aromatic amines is 1. The maximum absolute atomic E-state index is 12.4. The number of furan rings is 1. The average Bonchev–Trinajstić information content (AvgIpc) is 3.20. The van der Waals surface area contributed by atoms with Gasteiger partial charge in [-0.3, -0.25) is 4.79 Å². The predicted molar refractivity (Wildman–Crippen MR) is 82.4 cm³/mol. The molecule has 1 amide bonds. The summed E-state index contributed by atoms with van der Waals surface area (Å²) in [5, 5.41) is 10.0. The number of carboxylic acid groups (broad SMARTS) is 1. The minimum Gasteiger partial charge on any atom is -0.478 e. The summed E-state index contributed by atoms with van der Waals surface area (Å²) >= 11 is 0. The van der Waals surface area contributed by atoms with Crippen molar-refractivity contribution in [3.63, 3.8) is 0 Å². The van der Waals surface area contributed by atoms with Crippen LogP contribution in [0, 0.1) is 0 Å². The third-order valence-corrected chi connectivity index (χ3v) is 4.24. The fourth-order valence-corrected chi connectivity index (χ4v) is 3.08. The second kappa shape index (κ2) is 5.01. The molecule has 3 aromatic rings. The molecule has 2 aromatic heterocycles. The molecule has 0 saturated heterocycles. The topological polar surface area (TPSA) is 86.5 Å². The SMILES string of the molecule is O=C(O)c1ccc2[nH]c3c(c2c1)CN(C(=O)c1ccco1)CC3. The standard InChI is InChI=1S/C17H14N2O4/c20-16(15-2-1-7-23-15)19-6-5-14-12(9-19)11-8-10(17(21)22)3-4-13(11)18-14/h1-4,7-8,18H,5-6,9H2,(H,21,22). The lowest BCUT2D eigenvalue weighted by Gasteiger charge is -2.26. The number of carbonyl (C=O) groups excluding carboxylic acids is 1. The number of rotatable bonds is 2. The summed E-state index contributed by atoms with van der Waals surface area (Å²) in [6.45, 7) is 1.04. The maximum atomic E-state index is 12.4. The first-order valence-electron chi connectivity index (χ1n) is 7.33. The summed E-state index contributed by atoms with van der Waals surface area (Å²) in [5.41, 5.74) is 3.18. The number of hydrogen-bond acceptors (Lipinski definition) is 3. The number of aromatic carboxylic acids is 1. The Morgan fingerprint density at radius 1 is 1.26 bits per heavy atom. The molecule has 0 radical (unpaired) electrons. The zero-order chi connectivity index (χ0) is 16.0. The highest BCUT2D eigenvalue weighted by Gasteiger charge is 2.26. The molecule has 3 heterocycles. The largest absolute Gasteiger partial charge is 0.478 e. The summed E-state index contributed by atoms with van der Waals surface area (Å²) in [5.74, 6) is -0.787. The van der Waals surface area contributed by atoms with E-state index in [0.29, 0.717) is 25.3 Å². The van der Waals surface area contributed by atoms with E-state index < -0.39 is 5.97 Å². The van der Waals surface area contributed by atoms with E-state index in [1.807, 2.05) is 0 Å². The molecule has 6 heteroatoms. The van der Waals surface area contributed by atoms with Crippen LogP contribution in [0.15, 0.2) is 41.0 Å². The minimum absolute atomic E-state index is 0.149. The molecule has 0 spiro atoms. The number of hydrogen-bond donors (Lipinski definition) is 2. The highest BCUT2D eigenvalue weighted by molar-refractivity contribution is 5.96. The van der Waals surface area contributed by atoms with Gasteiger partial charge in [0.15, 0.2) is 5.76 Å². The van der Waals surface area contributed by atoms with Crippen molar-refractivity contribution in [1.82, 2.24) is 9.88 Å². The normalized spacial score (nSPS) is 14.0. The quantitative estimate of drug-likeness (QED) is 0.762. The van der Waals surface area contributed by atoms with Crippen LogP contribution in [0.5, 0.6) is 0 Å². The monoisotopic (exact) mass is 310 g/mol. The van der Waals surface area contributed by atoms with E-state index in [4.69, 9.17) is 9.52 Å². The number of benzene rings is 1. The van der Waals surface area contributed by atoms with Crippen LogP contribution >= 0.6 is 0 Å². The molecule has 1 aliphatic heterocycles. The van der Waals surface area contributed by atoms with Crippen molar-refractivity contribution < 1.29 is 19.1 Å². The molecule has 4 rings (SSSR count). The Hall–Kier alpha value is -3.02. The highest BCUT2D eigenvalue weighted by atomic mass is 16.4. The molecular formula is C17H14N2O4. The molecular weight excluding hydrogens is 296 g/mol. The molecule has 0 saturated carbocycles. The van der Waals surface area contributed by atoms with Gasteiger partial charge in [-0.15, -0.1) is 0 Å². The summed E-state index contributed by atoms with van der Waals surface area (Å²) < 4.78 is 5.18. The summed E-state index contributed by atoms with van der Waals surface area (Å²) in [4.78, 5) is 28.7. The molecule has 0 aliphatic carbocycles. The smallest absolute Gasteiger partial charge is 0.335 e. The van der Waals surface area contributed by atoms with Crippen LogP contribution in [-0.4, -0.2) is 33.4 Å². The van der Waals surface area contributed by atoms with Crippen molar-refractivity contribution in [3.05, 3.63) is 59.2 Å². The van der Waals surface area contributed by atoms with E-state index in [1.165, 1.54) is 6.26 Å². The van der Waals surface area contributed by atoms with Crippen LogP contribution < -0.4 is 0 Å². The zero-order valence-electron chi connectivity index (χ0n) is 12.2. The van der Waals surface area contributed by atoms with Gasteiger partial charge in [0.25, 0.3) is 5.91 Å². The Balaban J connectivity index is 1.73. The minimum atomic E-state index is -0.957. The molecule has 2 N–H and O–H groups in total. The van der Waals surface area contributed by atoms with Crippen LogP contribution in [0.4, 0.5) is 0 Å². The van der Waals surface area contributed by atoms with Crippen molar-refractivity contribution in [1.29, 1.82) is 0 Å². The van der Waals surface area contributed by atoms with E-state index >= 15 is 0 Å². The number of carboxylic acids is 1. The van der Waals surface area contributed by atoms with Crippen LogP contribution in [0.2, 0.25) is 0 Å². The molecule has 116 valence electrons. The molecule has 23 heavy (non-hydrogen) atoms. The summed E-state index contributed by atoms with van der Waals surface area (Å²) in [6.07, 6.45) is 2.19. The van der Waals surface area contributed by atoms with Crippen LogP contribution in [0.25, 0.3) is 10.9 Å². The van der Waals surface area contributed by atoms with Crippen LogP contribution in [0.1, 0.15) is 32.2 Å². The Kier molecular flexibility index (Phi) is 2.97. The van der Waals surface area contributed by atoms with E-state index in [9.17, 15) is 9.59 Å². The van der Waals surface area contributed by atoms with E-state index in [-0.39, 0.29) is 11.5 Å². The molecule has 0 bridgehead atoms. The van der Waals surface area contributed by atoms with Gasteiger partial charge in [-0.25, -0.2) is 4.79 Å². The fraction of sp³-hybridized carbons (Fsp3) is 0.176. The summed E-state index contributed by atoms with van der Waals surface area (Å²) in [7, 11) is 0. The van der Waals surface area contributed by atoms with Crippen LogP contribution in [0.3, 0.4) is 0 Å². The van der Waals surface area contributed by atoms with Gasteiger partial charge in [0.2, 0.25) is 0 Å². The predicted octanol–water partition coefficient (Wildman–Crippen LogP) is 2.66. The third-order valence-electron chi connectivity index (χ3n) is 4.24. The second-order valence-corrected chi connectivity index (χ2v) is 5.60. The Morgan fingerprint density at radius 3 is 2.87 bits per heavy atom. The van der Waals surface area contributed by atoms with Gasteiger partial charge in [-0.1, -0.05) is 0 Å². The van der Waals surface area contributed by atoms with Crippen molar-refractivity contribution in [2.45, 2.75) is 13.0 Å². The van der Waals surface area contributed by atoms with Gasteiger partial charge >= 0.3 is 5.97 Å². The number of nitrogens with zero attached hydrogens (tertiary/aromatic N) is 1. The average molecular weight is 310 g/mol. The lowest BCUT2D eigenvalue weighted by Crippen LogP contribution is -2.35. The first-order valence-corrected chi connectivity index (χ1v) is 7.33. The van der Waals surface area contributed by atoms with Gasteiger partial charge in [-0.2, -0.15) is 0 Å². The summed E-state index contributed by atoms with van der Waals surface area (Å²) in [6, 6.07) is 8.35. The molecule has 0 atom stereocenters. The maximum Gasteiger partial charge on any atom is 0.335 e. The molecule has 6 nitrogen and oxygen atoms in total. The number of H-pyrrole nitrogens is 1. The van der Waals surface area contributed by atoms with E-state index in [1.54, 1.807) is 35.2 Å². The number of nitrogens with one attached hydrogen (secondary N) is 1. The van der Waals surface area contributed by atoms with Crippen molar-refractivity contribution >= 4 is 22.8 Å². The van der Waals surface area contributed by atoms with Gasteiger partial charge in [0.1, 0.15) is 0 Å². The number of amides is 1. The first-order chi connectivity index (χ1) is 11.1.